The fourth-order valence-electron chi connectivity index (χ4n) is 1.92. The molecule has 106 valence electrons. The number of nitrogens with zero attached hydrogens (tertiary/aromatic N) is 2. The maximum Gasteiger partial charge on any atom is 0.246 e. The number of rotatable bonds is 6. The average Bonchev–Trinajstić information content (AvgIpc) is 2.99. The molecule has 1 heterocycles. The van der Waals surface area contributed by atoms with Gasteiger partial charge in [-0.25, -0.2) is 4.68 Å². The molecule has 5 heteroatoms. The van der Waals surface area contributed by atoms with Crippen molar-refractivity contribution in [1.29, 1.82) is 0 Å². The number of hydrogen-bond donors (Lipinski definition) is 1. The smallest absolute Gasteiger partial charge is 0.246 e. The van der Waals surface area contributed by atoms with E-state index in [1.54, 1.807) is 10.9 Å². The van der Waals surface area contributed by atoms with E-state index in [2.05, 4.69) is 10.4 Å². The van der Waals surface area contributed by atoms with Gasteiger partial charge in [-0.1, -0.05) is 12.1 Å². The SMILES string of the molecule is CCOCC(=O)NC(C)c1cccc(-n2cccn2)c1. The molecule has 2 rings (SSSR count). The first-order valence-corrected chi connectivity index (χ1v) is 6.67. The van der Waals surface area contributed by atoms with Gasteiger partial charge in [0, 0.05) is 19.0 Å². The quantitative estimate of drug-likeness (QED) is 0.876. The number of carbonyl (C=O) groups excluding carboxylic acids is 1. The first kappa shape index (κ1) is 14.3. The molecule has 20 heavy (non-hydrogen) atoms. The third-order valence-corrected chi connectivity index (χ3v) is 2.95. The van der Waals surface area contributed by atoms with Crippen LogP contribution in [0.1, 0.15) is 25.5 Å². The summed E-state index contributed by atoms with van der Waals surface area (Å²) in [5, 5.41) is 7.11. The van der Waals surface area contributed by atoms with Crippen LogP contribution in [0.2, 0.25) is 0 Å². The van der Waals surface area contributed by atoms with Gasteiger partial charge < -0.3 is 10.1 Å². The predicted octanol–water partition coefficient (Wildman–Crippen LogP) is 2.09. The molecular weight excluding hydrogens is 254 g/mol. The molecule has 1 aromatic carbocycles. The molecule has 1 N–H and O–H groups in total. The minimum absolute atomic E-state index is 0.0709. The van der Waals surface area contributed by atoms with Gasteiger partial charge >= 0.3 is 0 Å². The lowest BCUT2D eigenvalue weighted by Crippen LogP contribution is -2.30. The van der Waals surface area contributed by atoms with Crippen LogP contribution in [0.25, 0.3) is 5.69 Å². The largest absolute Gasteiger partial charge is 0.372 e. The van der Waals surface area contributed by atoms with Crippen molar-refractivity contribution in [2.45, 2.75) is 19.9 Å². The van der Waals surface area contributed by atoms with Crippen molar-refractivity contribution in [1.82, 2.24) is 15.1 Å². The van der Waals surface area contributed by atoms with Crippen LogP contribution in [-0.4, -0.2) is 28.9 Å². The van der Waals surface area contributed by atoms with E-state index in [0.29, 0.717) is 6.61 Å². The van der Waals surface area contributed by atoms with Crippen LogP contribution in [0.3, 0.4) is 0 Å². The van der Waals surface area contributed by atoms with Gasteiger partial charge in [0.1, 0.15) is 6.61 Å². The Labute approximate surface area is 118 Å². The zero-order chi connectivity index (χ0) is 14.4. The van der Waals surface area contributed by atoms with E-state index >= 15 is 0 Å². The molecule has 0 saturated heterocycles. The Morgan fingerprint density at radius 2 is 2.30 bits per heavy atom. The van der Waals surface area contributed by atoms with Crippen molar-refractivity contribution in [2.75, 3.05) is 13.2 Å². The normalized spacial score (nSPS) is 12.1. The Hall–Kier alpha value is -2.14. The zero-order valence-electron chi connectivity index (χ0n) is 11.7. The number of amides is 1. The molecule has 0 aliphatic heterocycles. The van der Waals surface area contributed by atoms with Gasteiger partial charge in [-0.15, -0.1) is 0 Å². The van der Waals surface area contributed by atoms with E-state index in [0.717, 1.165) is 11.3 Å². The second kappa shape index (κ2) is 6.86. The molecule has 0 aliphatic rings. The molecule has 0 spiro atoms. The van der Waals surface area contributed by atoms with Crippen LogP contribution >= 0.6 is 0 Å². The van der Waals surface area contributed by atoms with Gasteiger partial charge in [-0.05, 0) is 37.6 Å². The summed E-state index contributed by atoms with van der Waals surface area (Å²) in [7, 11) is 0. The number of aromatic nitrogens is 2. The first-order valence-electron chi connectivity index (χ1n) is 6.67. The van der Waals surface area contributed by atoms with Gasteiger partial charge in [0.05, 0.1) is 11.7 Å². The van der Waals surface area contributed by atoms with Crippen LogP contribution in [-0.2, 0) is 9.53 Å². The van der Waals surface area contributed by atoms with Crippen molar-refractivity contribution in [3.63, 3.8) is 0 Å². The van der Waals surface area contributed by atoms with Crippen molar-refractivity contribution in [3.05, 3.63) is 48.3 Å². The first-order chi connectivity index (χ1) is 9.70. The molecule has 0 radical (unpaired) electrons. The molecule has 0 aliphatic carbocycles. The lowest BCUT2D eigenvalue weighted by molar-refractivity contribution is -0.126. The maximum absolute atomic E-state index is 11.6. The highest BCUT2D eigenvalue weighted by Gasteiger charge is 2.10. The Balaban J connectivity index is 2.05. The van der Waals surface area contributed by atoms with Crippen LogP contribution < -0.4 is 5.32 Å². The summed E-state index contributed by atoms with van der Waals surface area (Å²) < 4.78 is 6.88. The molecule has 1 amide bonds. The molecular formula is C15H19N3O2. The third kappa shape index (κ3) is 3.68. The van der Waals surface area contributed by atoms with Gasteiger partial charge in [-0.2, -0.15) is 5.10 Å². The lowest BCUT2D eigenvalue weighted by atomic mass is 10.1. The summed E-state index contributed by atoms with van der Waals surface area (Å²) in [5.74, 6) is -0.108. The minimum Gasteiger partial charge on any atom is -0.372 e. The Bertz CT molecular complexity index is 552. The molecule has 5 nitrogen and oxygen atoms in total. The highest BCUT2D eigenvalue weighted by atomic mass is 16.5. The molecule has 1 atom stereocenters. The summed E-state index contributed by atoms with van der Waals surface area (Å²) in [6.07, 6.45) is 3.62. The van der Waals surface area contributed by atoms with E-state index in [1.165, 1.54) is 0 Å². The van der Waals surface area contributed by atoms with Gasteiger partial charge in [0.25, 0.3) is 0 Å². The molecule has 0 bridgehead atoms. The van der Waals surface area contributed by atoms with Gasteiger partial charge in [0.15, 0.2) is 0 Å². The van der Waals surface area contributed by atoms with Crippen LogP contribution in [0.5, 0.6) is 0 Å². The van der Waals surface area contributed by atoms with E-state index in [4.69, 9.17) is 4.74 Å². The van der Waals surface area contributed by atoms with Crippen molar-refractivity contribution in [3.8, 4) is 5.69 Å². The van der Waals surface area contributed by atoms with E-state index in [9.17, 15) is 4.79 Å². The van der Waals surface area contributed by atoms with Crippen molar-refractivity contribution in [2.24, 2.45) is 0 Å². The van der Waals surface area contributed by atoms with Gasteiger partial charge in [-0.3, -0.25) is 4.79 Å². The van der Waals surface area contributed by atoms with Crippen molar-refractivity contribution < 1.29 is 9.53 Å². The second-order valence-electron chi connectivity index (χ2n) is 4.47. The Morgan fingerprint density at radius 3 is 3.00 bits per heavy atom. The van der Waals surface area contributed by atoms with Crippen molar-refractivity contribution >= 4 is 5.91 Å². The minimum atomic E-state index is -0.108. The van der Waals surface area contributed by atoms with Crippen LogP contribution in [0.15, 0.2) is 42.7 Å². The topological polar surface area (TPSA) is 56.1 Å². The molecule has 0 saturated carbocycles. The van der Waals surface area contributed by atoms with E-state index in [1.807, 2.05) is 50.4 Å². The van der Waals surface area contributed by atoms with E-state index < -0.39 is 0 Å². The van der Waals surface area contributed by atoms with Crippen LogP contribution in [0, 0.1) is 0 Å². The summed E-state index contributed by atoms with van der Waals surface area (Å²) in [5.41, 5.74) is 2.00. The zero-order valence-corrected chi connectivity index (χ0v) is 11.7. The number of hydrogen-bond acceptors (Lipinski definition) is 3. The third-order valence-electron chi connectivity index (χ3n) is 2.95. The number of benzene rings is 1. The van der Waals surface area contributed by atoms with Crippen LogP contribution in [0.4, 0.5) is 0 Å². The number of nitrogens with one attached hydrogen (secondary N) is 1. The maximum atomic E-state index is 11.6. The van der Waals surface area contributed by atoms with E-state index in [-0.39, 0.29) is 18.6 Å². The molecule has 0 fully saturated rings. The Morgan fingerprint density at radius 1 is 1.45 bits per heavy atom. The standard InChI is InChI=1S/C15H19N3O2/c1-3-20-11-15(19)17-12(2)13-6-4-7-14(10-13)18-9-5-8-16-18/h4-10,12H,3,11H2,1-2H3,(H,17,19). The average molecular weight is 273 g/mol. The number of carbonyl (C=O) groups is 1. The summed E-state index contributed by atoms with van der Waals surface area (Å²) in [4.78, 5) is 11.6. The predicted molar refractivity (Wildman–Crippen MR) is 76.6 cm³/mol. The molecule has 2 aromatic rings. The summed E-state index contributed by atoms with van der Waals surface area (Å²) in [6, 6.07) is 9.73. The summed E-state index contributed by atoms with van der Waals surface area (Å²) in [6.45, 7) is 4.45. The highest BCUT2D eigenvalue weighted by molar-refractivity contribution is 5.77. The molecule has 1 aromatic heterocycles. The number of ether oxygens (including phenoxy) is 1. The fourth-order valence-corrected chi connectivity index (χ4v) is 1.92. The highest BCUT2D eigenvalue weighted by Crippen LogP contribution is 2.16. The Kier molecular flexibility index (Phi) is 4.90. The second-order valence-corrected chi connectivity index (χ2v) is 4.47. The monoisotopic (exact) mass is 273 g/mol. The fraction of sp³-hybridized carbons (Fsp3) is 0.333. The van der Waals surface area contributed by atoms with Gasteiger partial charge in [0.2, 0.25) is 5.91 Å². The lowest BCUT2D eigenvalue weighted by Gasteiger charge is -2.15. The molecule has 1 unspecified atom stereocenters. The summed E-state index contributed by atoms with van der Waals surface area (Å²) >= 11 is 0.